The quantitative estimate of drug-likeness (QED) is 0.597. The predicted molar refractivity (Wildman–Crippen MR) is 118 cm³/mol. The van der Waals surface area contributed by atoms with Gasteiger partial charge in [-0.1, -0.05) is 11.6 Å². The number of hydrogen-bond acceptors (Lipinski definition) is 7. The minimum absolute atomic E-state index is 0.132. The maximum atomic E-state index is 12.6. The number of thiazole rings is 1. The fraction of sp³-hybridized carbons (Fsp3) is 0.286. The summed E-state index contributed by atoms with van der Waals surface area (Å²) >= 11 is 7.35. The molecule has 0 spiro atoms. The molecular weight excluding hydrogens is 424 g/mol. The van der Waals surface area contributed by atoms with E-state index in [0.717, 1.165) is 29.7 Å². The van der Waals surface area contributed by atoms with E-state index in [1.807, 2.05) is 29.6 Å². The molecule has 4 rings (SSSR count). The summed E-state index contributed by atoms with van der Waals surface area (Å²) < 4.78 is 11.1. The number of pyridine rings is 1. The monoisotopic (exact) mass is 444 g/mol. The summed E-state index contributed by atoms with van der Waals surface area (Å²) in [5.74, 6) is 1.36. The van der Waals surface area contributed by atoms with Gasteiger partial charge in [-0.25, -0.2) is 9.97 Å². The molecule has 30 heavy (non-hydrogen) atoms. The van der Waals surface area contributed by atoms with Gasteiger partial charge in [0.2, 0.25) is 5.91 Å². The van der Waals surface area contributed by atoms with Gasteiger partial charge in [0.25, 0.3) is 0 Å². The van der Waals surface area contributed by atoms with Gasteiger partial charge in [-0.3, -0.25) is 4.79 Å². The highest BCUT2D eigenvalue weighted by atomic mass is 35.5. The fourth-order valence-electron chi connectivity index (χ4n) is 3.05. The van der Waals surface area contributed by atoms with Crippen LogP contribution in [0.5, 0.6) is 5.75 Å². The number of carbonyl (C=O) groups is 1. The molecule has 0 bridgehead atoms. The number of carbonyl (C=O) groups excluding carboxylic acids is 1. The van der Waals surface area contributed by atoms with Gasteiger partial charge in [0, 0.05) is 29.7 Å². The van der Waals surface area contributed by atoms with E-state index < -0.39 is 0 Å². The SMILES string of the molecule is O=C(Cc1csc(COc2ccc(Cl)cc2)n1)Nc1cccnc1N1CCOCC1. The molecule has 3 heterocycles. The third-order valence-electron chi connectivity index (χ3n) is 4.49. The smallest absolute Gasteiger partial charge is 0.230 e. The Bertz CT molecular complexity index is 990. The second-order valence-corrected chi connectivity index (χ2v) is 8.05. The van der Waals surface area contributed by atoms with Gasteiger partial charge in [-0.15, -0.1) is 11.3 Å². The zero-order chi connectivity index (χ0) is 20.8. The van der Waals surface area contributed by atoms with Gasteiger partial charge in [0.1, 0.15) is 17.4 Å². The summed E-state index contributed by atoms with van der Waals surface area (Å²) in [7, 11) is 0. The van der Waals surface area contributed by atoms with E-state index in [9.17, 15) is 4.79 Å². The first-order valence-electron chi connectivity index (χ1n) is 9.56. The number of nitrogens with zero attached hydrogens (tertiary/aromatic N) is 3. The topological polar surface area (TPSA) is 76.6 Å². The second kappa shape index (κ2) is 9.88. The molecule has 1 N–H and O–H groups in total. The lowest BCUT2D eigenvalue weighted by molar-refractivity contribution is -0.115. The van der Waals surface area contributed by atoms with Crippen molar-refractivity contribution in [2.75, 3.05) is 36.5 Å². The molecule has 0 atom stereocenters. The highest BCUT2D eigenvalue weighted by Crippen LogP contribution is 2.24. The van der Waals surface area contributed by atoms with Crippen molar-refractivity contribution in [2.45, 2.75) is 13.0 Å². The van der Waals surface area contributed by atoms with Crippen LogP contribution in [0, 0.1) is 0 Å². The van der Waals surface area contributed by atoms with Crippen LogP contribution in [-0.4, -0.2) is 42.2 Å². The molecule has 1 aliphatic heterocycles. The zero-order valence-corrected chi connectivity index (χ0v) is 17.8. The molecule has 1 aliphatic rings. The number of amides is 1. The Kier molecular flexibility index (Phi) is 6.78. The van der Waals surface area contributed by atoms with Crippen molar-refractivity contribution in [1.82, 2.24) is 9.97 Å². The fourth-order valence-corrected chi connectivity index (χ4v) is 3.88. The number of rotatable bonds is 7. The van der Waals surface area contributed by atoms with Crippen LogP contribution < -0.4 is 15.0 Å². The van der Waals surface area contributed by atoms with Gasteiger partial charge in [-0.05, 0) is 36.4 Å². The zero-order valence-electron chi connectivity index (χ0n) is 16.2. The second-order valence-electron chi connectivity index (χ2n) is 6.67. The summed E-state index contributed by atoms with van der Waals surface area (Å²) in [4.78, 5) is 23.6. The van der Waals surface area contributed by atoms with E-state index in [1.54, 1.807) is 18.3 Å². The third-order valence-corrected chi connectivity index (χ3v) is 5.61. The van der Waals surface area contributed by atoms with E-state index in [2.05, 4.69) is 20.2 Å². The number of morpholine rings is 1. The normalized spacial score (nSPS) is 13.8. The molecular formula is C21H21ClN4O3S. The maximum Gasteiger partial charge on any atom is 0.230 e. The Hall–Kier alpha value is -2.68. The van der Waals surface area contributed by atoms with Gasteiger partial charge < -0.3 is 19.7 Å². The first-order valence-corrected chi connectivity index (χ1v) is 10.8. The summed E-state index contributed by atoms with van der Waals surface area (Å²) in [6.07, 6.45) is 1.92. The number of anilines is 2. The average Bonchev–Trinajstić information content (AvgIpc) is 3.21. The maximum absolute atomic E-state index is 12.6. The molecule has 1 saturated heterocycles. The molecule has 7 nitrogen and oxygen atoms in total. The Morgan fingerprint density at radius 2 is 2.03 bits per heavy atom. The minimum atomic E-state index is -0.132. The molecule has 9 heteroatoms. The highest BCUT2D eigenvalue weighted by molar-refractivity contribution is 7.09. The van der Waals surface area contributed by atoms with Gasteiger partial charge in [0.15, 0.2) is 5.82 Å². The van der Waals surface area contributed by atoms with Crippen LogP contribution in [0.1, 0.15) is 10.7 Å². The Morgan fingerprint density at radius 1 is 1.23 bits per heavy atom. The number of benzene rings is 1. The van der Waals surface area contributed by atoms with Crippen LogP contribution in [0.25, 0.3) is 0 Å². The number of ether oxygens (including phenoxy) is 2. The molecule has 1 fully saturated rings. The van der Waals surface area contributed by atoms with E-state index in [-0.39, 0.29) is 12.3 Å². The number of nitrogens with one attached hydrogen (secondary N) is 1. The van der Waals surface area contributed by atoms with Crippen LogP contribution in [0.4, 0.5) is 11.5 Å². The van der Waals surface area contributed by atoms with Crippen LogP contribution in [-0.2, 0) is 22.6 Å². The van der Waals surface area contributed by atoms with Crippen LogP contribution >= 0.6 is 22.9 Å². The summed E-state index contributed by atoms with van der Waals surface area (Å²) in [6.45, 7) is 3.16. The molecule has 3 aromatic rings. The number of aromatic nitrogens is 2. The first-order chi connectivity index (χ1) is 14.7. The molecule has 2 aromatic heterocycles. The van der Waals surface area contributed by atoms with Gasteiger partial charge >= 0.3 is 0 Å². The largest absolute Gasteiger partial charge is 0.486 e. The van der Waals surface area contributed by atoms with Crippen molar-refractivity contribution in [3.05, 3.63) is 63.7 Å². The molecule has 0 aliphatic carbocycles. The van der Waals surface area contributed by atoms with Crippen molar-refractivity contribution in [2.24, 2.45) is 0 Å². The van der Waals surface area contributed by atoms with E-state index in [0.29, 0.717) is 36.2 Å². The van der Waals surface area contributed by atoms with Gasteiger partial charge in [-0.2, -0.15) is 0 Å². The molecule has 1 aromatic carbocycles. The Labute approximate surface area is 183 Å². The van der Waals surface area contributed by atoms with Crippen LogP contribution in [0.2, 0.25) is 5.02 Å². The molecule has 0 unspecified atom stereocenters. The van der Waals surface area contributed by atoms with Crippen molar-refractivity contribution >= 4 is 40.4 Å². The highest BCUT2D eigenvalue weighted by Gasteiger charge is 2.17. The van der Waals surface area contributed by atoms with Crippen molar-refractivity contribution in [1.29, 1.82) is 0 Å². The van der Waals surface area contributed by atoms with Gasteiger partial charge in [0.05, 0.1) is 31.0 Å². The van der Waals surface area contributed by atoms with Crippen molar-refractivity contribution in [3.63, 3.8) is 0 Å². The van der Waals surface area contributed by atoms with E-state index in [1.165, 1.54) is 11.3 Å². The molecule has 156 valence electrons. The average molecular weight is 445 g/mol. The standard InChI is InChI=1S/C21H21ClN4O3S/c22-15-3-5-17(6-4-15)29-13-20-24-16(14-30-20)12-19(27)25-18-2-1-7-23-21(18)26-8-10-28-11-9-26/h1-7,14H,8-13H2,(H,25,27). The predicted octanol–water partition coefficient (Wildman–Crippen LogP) is 3.79. The first kappa shape index (κ1) is 20.6. The number of halogens is 1. The van der Waals surface area contributed by atoms with E-state index >= 15 is 0 Å². The lowest BCUT2D eigenvalue weighted by Crippen LogP contribution is -2.37. The lowest BCUT2D eigenvalue weighted by Gasteiger charge is -2.29. The van der Waals surface area contributed by atoms with Crippen molar-refractivity contribution in [3.8, 4) is 5.75 Å². The minimum Gasteiger partial charge on any atom is -0.486 e. The Morgan fingerprint density at radius 3 is 2.83 bits per heavy atom. The van der Waals surface area contributed by atoms with Crippen molar-refractivity contribution < 1.29 is 14.3 Å². The summed E-state index contributed by atoms with van der Waals surface area (Å²) in [6, 6.07) is 10.8. The molecule has 1 amide bonds. The number of hydrogen-bond donors (Lipinski definition) is 1. The molecule has 0 saturated carbocycles. The third kappa shape index (κ3) is 5.47. The van der Waals surface area contributed by atoms with Crippen LogP contribution in [0.3, 0.4) is 0 Å². The summed E-state index contributed by atoms with van der Waals surface area (Å²) in [5.41, 5.74) is 1.41. The van der Waals surface area contributed by atoms with E-state index in [4.69, 9.17) is 21.1 Å². The Balaban J connectivity index is 1.33. The van der Waals surface area contributed by atoms with Crippen LogP contribution in [0.15, 0.2) is 48.0 Å². The lowest BCUT2D eigenvalue weighted by atomic mass is 10.3. The molecule has 0 radical (unpaired) electrons. The summed E-state index contributed by atoms with van der Waals surface area (Å²) in [5, 5.41) is 6.32.